The molecule has 3 nitrogen and oxygen atoms in total. The van der Waals surface area contributed by atoms with E-state index in [4.69, 9.17) is 0 Å². The molecule has 1 aliphatic heterocycles. The molecule has 1 aliphatic rings. The second kappa shape index (κ2) is 9.70. The van der Waals surface area contributed by atoms with E-state index in [2.05, 4.69) is 42.2 Å². The minimum atomic E-state index is 0.201. The van der Waals surface area contributed by atoms with Crippen molar-refractivity contribution in [2.45, 2.75) is 45.6 Å². The third-order valence-electron chi connectivity index (χ3n) is 5.76. The molecule has 27 heavy (non-hydrogen) atoms. The van der Waals surface area contributed by atoms with E-state index in [0.717, 1.165) is 31.2 Å². The SMILES string of the molecule is CCC(=O)N(CC(C)N1CCC(Cc2ccccc2)CC1)c1ccccc1. The van der Waals surface area contributed by atoms with Crippen molar-refractivity contribution in [3.8, 4) is 0 Å². The zero-order valence-electron chi connectivity index (χ0n) is 16.7. The maximum absolute atomic E-state index is 12.5. The van der Waals surface area contributed by atoms with E-state index in [1.807, 2.05) is 42.2 Å². The van der Waals surface area contributed by atoms with Gasteiger partial charge >= 0.3 is 0 Å². The Morgan fingerprint density at radius 1 is 1.04 bits per heavy atom. The lowest BCUT2D eigenvalue weighted by molar-refractivity contribution is -0.118. The van der Waals surface area contributed by atoms with Crippen LogP contribution in [0.1, 0.15) is 38.7 Å². The van der Waals surface area contributed by atoms with E-state index in [1.165, 1.54) is 24.8 Å². The predicted molar refractivity (Wildman–Crippen MR) is 113 cm³/mol. The number of hydrogen-bond donors (Lipinski definition) is 0. The Labute approximate surface area is 164 Å². The molecular weight excluding hydrogens is 332 g/mol. The number of benzene rings is 2. The number of anilines is 1. The number of piperidine rings is 1. The molecule has 0 saturated carbocycles. The van der Waals surface area contributed by atoms with Gasteiger partial charge in [-0.2, -0.15) is 0 Å². The average Bonchev–Trinajstić information content (AvgIpc) is 2.73. The molecule has 3 rings (SSSR count). The van der Waals surface area contributed by atoms with Gasteiger partial charge in [-0.3, -0.25) is 9.69 Å². The molecule has 1 atom stereocenters. The van der Waals surface area contributed by atoms with Gasteiger partial charge in [0, 0.05) is 24.7 Å². The maximum Gasteiger partial charge on any atom is 0.226 e. The van der Waals surface area contributed by atoms with Crippen LogP contribution in [0.25, 0.3) is 0 Å². The van der Waals surface area contributed by atoms with E-state index in [-0.39, 0.29) is 5.91 Å². The number of likely N-dealkylation sites (tertiary alicyclic amines) is 1. The molecular formula is C24H32N2O. The van der Waals surface area contributed by atoms with E-state index >= 15 is 0 Å². The number of nitrogens with zero attached hydrogens (tertiary/aromatic N) is 2. The molecule has 1 unspecified atom stereocenters. The number of carbonyl (C=O) groups is 1. The Kier molecular flexibility index (Phi) is 7.05. The summed E-state index contributed by atoms with van der Waals surface area (Å²) in [7, 11) is 0. The van der Waals surface area contributed by atoms with E-state index in [0.29, 0.717) is 12.5 Å². The lowest BCUT2D eigenvalue weighted by Gasteiger charge is -2.38. The van der Waals surface area contributed by atoms with Crippen LogP contribution in [0.5, 0.6) is 0 Å². The zero-order valence-corrected chi connectivity index (χ0v) is 16.7. The van der Waals surface area contributed by atoms with Crippen LogP contribution >= 0.6 is 0 Å². The van der Waals surface area contributed by atoms with Gasteiger partial charge in [-0.05, 0) is 62.9 Å². The first-order valence-corrected chi connectivity index (χ1v) is 10.3. The van der Waals surface area contributed by atoms with E-state index in [1.54, 1.807) is 0 Å². The minimum absolute atomic E-state index is 0.201. The lowest BCUT2D eigenvalue weighted by Crippen LogP contribution is -2.47. The standard InChI is InChI=1S/C24H32N2O/c1-3-24(27)26(23-12-8-5-9-13-23)19-20(2)25-16-14-22(15-17-25)18-21-10-6-4-7-11-21/h4-13,20,22H,3,14-19H2,1-2H3. The van der Waals surface area contributed by atoms with Crippen molar-refractivity contribution in [3.63, 3.8) is 0 Å². The highest BCUT2D eigenvalue weighted by Gasteiger charge is 2.25. The van der Waals surface area contributed by atoms with Crippen molar-refractivity contribution in [3.05, 3.63) is 66.2 Å². The largest absolute Gasteiger partial charge is 0.311 e. The quantitative estimate of drug-likeness (QED) is 0.706. The highest BCUT2D eigenvalue weighted by atomic mass is 16.2. The minimum Gasteiger partial charge on any atom is -0.311 e. The van der Waals surface area contributed by atoms with Crippen LogP contribution in [0.3, 0.4) is 0 Å². The third kappa shape index (κ3) is 5.43. The van der Waals surface area contributed by atoms with Crippen molar-refractivity contribution in [2.75, 3.05) is 24.5 Å². The molecule has 0 spiro atoms. The van der Waals surface area contributed by atoms with Gasteiger partial charge in [0.25, 0.3) is 0 Å². The average molecular weight is 365 g/mol. The fourth-order valence-corrected chi connectivity index (χ4v) is 4.07. The highest BCUT2D eigenvalue weighted by molar-refractivity contribution is 5.93. The summed E-state index contributed by atoms with van der Waals surface area (Å²) in [6.45, 7) is 7.22. The first-order valence-electron chi connectivity index (χ1n) is 10.3. The van der Waals surface area contributed by atoms with E-state index in [9.17, 15) is 4.79 Å². The van der Waals surface area contributed by atoms with Gasteiger partial charge in [0.05, 0.1) is 0 Å². The molecule has 2 aromatic carbocycles. The Bertz CT molecular complexity index is 693. The summed E-state index contributed by atoms with van der Waals surface area (Å²) in [6.07, 6.45) is 4.22. The Morgan fingerprint density at radius 2 is 1.63 bits per heavy atom. The molecule has 1 saturated heterocycles. The van der Waals surface area contributed by atoms with Gasteiger partial charge in [0.2, 0.25) is 5.91 Å². The first-order chi connectivity index (χ1) is 13.2. The van der Waals surface area contributed by atoms with Crippen molar-refractivity contribution < 1.29 is 4.79 Å². The Morgan fingerprint density at radius 3 is 2.22 bits per heavy atom. The number of amides is 1. The fourth-order valence-electron chi connectivity index (χ4n) is 4.07. The van der Waals surface area contributed by atoms with Crippen molar-refractivity contribution in [1.29, 1.82) is 0 Å². The second-order valence-electron chi connectivity index (χ2n) is 7.71. The smallest absolute Gasteiger partial charge is 0.226 e. The van der Waals surface area contributed by atoms with Crippen LogP contribution in [0, 0.1) is 5.92 Å². The van der Waals surface area contributed by atoms with Crippen LogP contribution in [-0.4, -0.2) is 36.5 Å². The third-order valence-corrected chi connectivity index (χ3v) is 5.76. The molecule has 3 heteroatoms. The molecule has 0 aromatic heterocycles. The molecule has 0 aliphatic carbocycles. The van der Waals surface area contributed by atoms with Crippen molar-refractivity contribution in [1.82, 2.24) is 4.90 Å². The summed E-state index contributed by atoms with van der Waals surface area (Å²) in [5, 5.41) is 0. The van der Waals surface area contributed by atoms with Crippen LogP contribution in [0.4, 0.5) is 5.69 Å². The van der Waals surface area contributed by atoms with Crippen molar-refractivity contribution >= 4 is 11.6 Å². The number of rotatable bonds is 7. The van der Waals surface area contributed by atoms with Crippen LogP contribution in [-0.2, 0) is 11.2 Å². The summed E-state index contributed by atoms with van der Waals surface area (Å²) < 4.78 is 0. The molecule has 1 amide bonds. The monoisotopic (exact) mass is 364 g/mol. The molecule has 1 fully saturated rings. The van der Waals surface area contributed by atoms with Crippen LogP contribution < -0.4 is 4.90 Å². The van der Waals surface area contributed by atoms with Crippen LogP contribution in [0.15, 0.2) is 60.7 Å². The summed E-state index contributed by atoms with van der Waals surface area (Å²) >= 11 is 0. The van der Waals surface area contributed by atoms with E-state index < -0.39 is 0 Å². The molecule has 2 aromatic rings. The highest BCUT2D eigenvalue weighted by Crippen LogP contribution is 2.24. The zero-order chi connectivity index (χ0) is 19.1. The molecule has 0 N–H and O–H groups in total. The van der Waals surface area contributed by atoms with Gasteiger partial charge < -0.3 is 4.90 Å². The number of carbonyl (C=O) groups excluding carboxylic acids is 1. The topological polar surface area (TPSA) is 23.6 Å². The second-order valence-corrected chi connectivity index (χ2v) is 7.71. The van der Waals surface area contributed by atoms with Gasteiger partial charge in [-0.15, -0.1) is 0 Å². The normalized spacial score (nSPS) is 16.8. The van der Waals surface area contributed by atoms with Crippen LogP contribution in [0.2, 0.25) is 0 Å². The maximum atomic E-state index is 12.5. The van der Waals surface area contributed by atoms with Crippen molar-refractivity contribution in [2.24, 2.45) is 5.92 Å². The molecule has 0 radical (unpaired) electrons. The Hall–Kier alpha value is -2.13. The Balaban J connectivity index is 1.55. The summed E-state index contributed by atoms with van der Waals surface area (Å²) in [5.41, 5.74) is 2.46. The fraction of sp³-hybridized carbons (Fsp3) is 0.458. The number of para-hydroxylation sites is 1. The predicted octanol–water partition coefficient (Wildman–Crippen LogP) is 4.77. The first kappa shape index (κ1) is 19.6. The molecule has 144 valence electrons. The number of hydrogen-bond acceptors (Lipinski definition) is 2. The van der Waals surface area contributed by atoms with Gasteiger partial charge in [0.1, 0.15) is 0 Å². The van der Waals surface area contributed by atoms with Gasteiger partial charge in [0.15, 0.2) is 0 Å². The summed E-state index contributed by atoms with van der Waals surface area (Å²) in [4.78, 5) is 17.0. The van der Waals surface area contributed by atoms with Gasteiger partial charge in [-0.25, -0.2) is 0 Å². The lowest BCUT2D eigenvalue weighted by atomic mass is 9.89. The summed E-state index contributed by atoms with van der Waals surface area (Å²) in [5.74, 6) is 0.977. The van der Waals surface area contributed by atoms with Gasteiger partial charge in [-0.1, -0.05) is 55.5 Å². The molecule has 0 bridgehead atoms. The molecule has 1 heterocycles. The summed E-state index contributed by atoms with van der Waals surface area (Å²) in [6, 6.07) is 21.3.